The van der Waals surface area contributed by atoms with Crippen molar-refractivity contribution in [2.24, 2.45) is 0 Å². The fourth-order valence-electron chi connectivity index (χ4n) is 2.15. The van der Waals surface area contributed by atoms with Crippen molar-refractivity contribution in [1.82, 2.24) is 9.88 Å². The third-order valence-corrected chi connectivity index (χ3v) is 3.17. The van der Waals surface area contributed by atoms with Crippen LogP contribution >= 0.6 is 0 Å². The Morgan fingerprint density at radius 1 is 1.38 bits per heavy atom. The van der Waals surface area contributed by atoms with Gasteiger partial charge in [0.15, 0.2) is 0 Å². The van der Waals surface area contributed by atoms with Gasteiger partial charge < -0.3 is 5.11 Å². The number of aryl methyl sites for hydroxylation is 1. The zero-order chi connectivity index (χ0) is 11.4. The minimum Gasteiger partial charge on any atom is -0.393 e. The van der Waals surface area contributed by atoms with E-state index in [1.54, 1.807) is 0 Å². The molecule has 0 bridgehead atoms. The second-order valence-electron chi connectivity index (χ2n) is 4.67. The van der Waals surface area contributed by atoms with Crippen molar-refractivity contribution in [3.05, 3.63) is 29.6 Å². The molecule has 1 unspecified atom stereocenters. The SMILES string of the molecule is Cc1ccc(CN2CCCC(O)CC2)cn1. The predicted molar refractivity (Wildman–Crippen MR) is 64.1 cm³/mol. The maximum absolute atomic E-state index is 9.57. The summed E-state index contributed by atoms with van der Waals surface area (Å²) in [5.74, 6) is 0. The molecule has 1 aliphatic rings. The van der Waals surface area contributed by atoms with E-state index in [9.17, 15) is 5.11 Å². The summed E-state index contributed by atoms with van der Waals surface area (Å²) < 4.78 is 0. The molecule has 1 saturated heterocycles. The molecule has 0 aliphatic carbocycles. The average molecular weight is 220 g/mol. The number of aliphatic hydroxyl groups is 1. The van der Waals surface area contributed by atoms with Gasteiger partial charge in [0, 0.05) is 25.0 Å². The minimum atomic E-state index is -0.0962. The molecule has 0 aromatic carbocycles. The number of pyridine rings is 1. The average Bonchev–Trinajstić information content (AvgIpc) is 2.47. The van der Waals surface area contributed by atoms with Crippen LogP contribution in [0.1, 0.15) is 30.5 Å². The van der Waals surface area contributed by atoms with Gasteiger partial charge in [-0.1, -0.05) is 6.07 Å². The van der Waals surface area contributed by atoms with E-state index >= 15 is 0 Å². The number of likely N-dealkylation sites (tertiary alicyclic amines) is 1. The van der Waals surface area contributed by atoms with Crippen LogP contribution in [0, 0.1) is 6.92 Å². The van der Waals surface area contributed by atoms with Crippen LogP contribution in [-0.4, -0.2) is 34.2 Å². The standard InChI is InChI=1S/C13H20N2O/c1-11-4-5-12(9-14-11)10-15-7-2-3-13(16)6-8-15/h4-5,9,13,16H,2-3,6-8,10H2,1H3. The molecule has 0 amide bonds. The number of hydrogen-bond acceptors (Lipinski definition) is 3. The second-order valence-corrected chi connectivity index (χ2v) is 4.67. The summed E-state index contributed by atoms with van der Waals surface area (Å²) in [6, 6.07) is 4.20. The monoisotopic (exact) mass is 220 g/mol. The van der Waals surface area contributed by atoms with Gasteiger partial charge in [0.1, 0.15) is 0 Å². The summed E-state index contributed by atoms with van der Waals surface area (Å²) in [6.07, 6.45) is 4.81. The summed E-state index contributed by atoms with van der Waals surface area (Å²) in [7, 11) is 0. The maximum Gasteiger partial charge on any atom is 0.0553 e. The minimum absolute atomic E-state index is 0.0962. The first kappa shape index (κ1) is 11.6. The molecule has 88 valence electrons. The molecule has 3 nitrogen and oxygen atoms in total. The molecule has 0 spiro atoms. The molecule has 1 aromatic rings. The predicted octanol–water partition coefficient (Wildman–Crippen LogP) is 1.74. The van der Waals surface area contributed by atoms with Crippen LogP contribution in [0.2, 0.25) is 0 Å². The Bertz CT molecular complexity index is 323. The van der Waals surface area contributed by atoms with Crippen molar-refractivity contribution in [1.29, 1.82) is 0 Å². The number of rotatable bonds is 2. The van der Waals surface area contributed by atoms with E-state index < -0.39 is 0 Å². The van der Waals surface area contributed by atoms with Gasteiger partial charge in [0.05, 0.1) is 6.10 Å². The van der Waals surface area contributed by atoms with Gasteiger partial charge in [-0.05, 0) is 44.4 Å². The van der Waals surface area contributed by atoms with Crippen LogP contribution in [0.3, 0.4) is 0 Å². The van der Waals surface area contributed by atoms with Crippen molar-refractivity contribution in [3.63, 3.8) is 0 Å². The summed E-state index contributed by atoms with van der Waals surface area (Å²) in [5, 5.41) is 9.57. The highest BCUT2D eigenvalue weighted by Crippen LogP contribution is 2.13. The van der Waals surface area contributed by atoms with E-state index in [0.29, 0.717) is 0 Å². The van der Waals surface area contributed by atoms with E-state index in [1.807, 2.05) is 13.1 Å². The topological polar surface area (TPSA) is 36.4 Å². The highest BCUT2D eigenvalue weighted by molar-refractivity contribution is 5.12. The summed E-state index contributed by atoms with van der Waals surface area (Å²) in [6.45, 7) is 5.05. The smallest absolute Gasteiger partial charge is 0.0553 e. The number of aromatic nitrogens is 1. The van der Waals surface area contributed by atoms with Crippen LogP contribution < -0.4 is 0 Å². The van der Waals surface area contributed by atoms with Gasteiger partial charge in [0.25, 0.3) is 0 Å². The molecule has 1 aliphatic heterocycles. The zero-order valence-corrected chi connectivity index (χ0v) is 9.89. The van der Waals surface area contributed by atoms with Crippen LogP contribution in [0.4, 0.5) is 0 Å². The molecule has 0 saturated carbocycles. The normalized spacial score (nSPS) is 23.0. The molecule has 0 radical (unpaired) electrons. The Morgan fingerprint density at radius 3 is 3.00 bits per heavy atom. The van der Waals surface area contributed by atoms with E-state index in [4.69, 9.17) is 0 Å². The lowest BCUT2D eigenvalue weighted by Crippen LogP contribution is -2.24. The highest BCUT2D eigenvalue weighted by Gasteiger charge is 2.14. The molecule has 1 N–H and O–H groups in total. The van der Waals surface area contributed by atoms with Crippen molar-refractivity contribution in [2.45, 2.75) is 38.8 Å². The van der Waals surface area contributed by atoms with Crippen molar-refractivity contribution < 1.29 is 5.11 Å². The lowest BCUT2D eigenvalue weighted by Gasteiger charge is -2.19. The molecule has 1 atom stereocenters. The zero-order valence-electron chi connectivity index (χ0n) is 9.89. The van der Waals surface area contributed by atoms with Gasteiger partial charge in [-0.3, -0.25) is 9.88 Å². The Hall–Kier alpha value is -0.930. The van der Waals surface area contributed by atoms with Crippen LogP contribution in [-0.2, 0) is 6.54 Å². The largest absolute Gasteiger partial charge is 0.393 e. The van der Waals surface area contributed by atoms with Gasteiger partial charge in [0.2, 0.25) is 0 Å². The van der Waals surface area contributed by atoms with Crippen LogP contribution in [0.15, 0.2) is 18.3 Å². The third-order valence-electron chi connectivity index (χ3n) is 3.17. The molecular formula is C13H20N2O. The first-order valence-electron chi connectivity index (χ1n) is 6.06. The number of hydrogen-bond donors (Lipinski definition) is 1. The molecule has 16 heavy (non-hydrogen) atoms. The summed E-state index contributed by atoms with van der Waals surface area (Å²) in [5.41, 5.74) is 2.33. The van der Waals surface area contributed by atoms with E-state index in [1.165, 1.54) is 5.56 Å². The van der Waals surface area contributed by atoms with Gasteiger partial charge >= 0.3 is 0 Å². The van der Waals surface area contributed by atoms with Gasteiger partial charge in [-0.2, -0.15) is 0 Å². The lowest BCUT2D eigenvalue weighted by molar-refractivity contribution is 0.154. The van der Waals surface area contributed by atoms with Crippen LogP contribution in [0.5, 0.6) is 0 Å². The highest BCUT2D eigenvalue weighted by atomic mass is 16.3. The first-order valence-corrected chi connectivity index (χ1v) is 6.06. The fraction of sp³-hybridized carbons (Fsp3) is 0.615. The van der Waals surface area contributed by atoms with Crippen molar-refractivity contribution in [2.75, 3.05) is 13.1 Å². The quantitative estimate of drug-likeness (QED) is 0.824. The third kappa shape index (κ3) is 3.29. The Labute approximate surface area is 97.1 Å². The number of aliphatic hydroxyl groups excluding tert-OH is 1. The van der Waals surface area contributed by atoms with Crippen LogP contribution in [0.25, 0.3) is 0 Å². The maximum atomic E-state index is 9.57. The van der Waals surface area contributed by atoms with E-state index in [2.05, 4.69) is 22.0 Å². The molecule has 3 heteroatoms. The Morgan fingerprint density at radius 2 is 2.25 bits per heavy atom. The Kier molecular flexibility index (Phi) is 3.91. The van der Waals surface area contributed by atoms with Gasteiger partial charge in [-0.15, -0.1) is 0 Å². The second kappa shape index (κ2) is 5.41. The Balaban J connectivity index is 1.91. The van der Waals surface area contributed by atoms with E-state index in [0.717, 1.165) is 44.6 Å². The molecule has 1 fully saturated rings. The molecular weight excluding hydrogens is 200 g/mol. The lowest BCUT2D eigenvalue weighted by atomic mass is 10.2. The molecule has 1 aromatic heterocycles. The van der Waals surface area contributed by atoms with Crippen molar-refractivity contribution >= 4 is 0 Å². The molecule has 2 rings (SSSR count). The van der Waals surface area contributed by atoms with E-state index in [-0.39, 0.29) is 6.10 Å². The fourth-order valence-corrected chi connectivity index (χ4v) is 2.15. The molecule has 2 heterocycles. The number of nitrogens with zero attached hydrogens (tertiary/aromatic N) is 2. The summed E-state index contributed by atoms with van der Waals surface area (Å²) in [4.78, 5) is 6.71. The summed E-state index contributed by atoms with van der Waals surface area (Å²) >= 11 is 0. The first-order chi connectivity index (χ1) is 7.74. The van der Waals surface area contributed by atoms with Crippen molar-refractivity contribution in [3.8, 4) is 0 Å². The van der Waals surface area contributed by atoms with Gasteiger partial charge in [-0.25, -0.2) is 0 Å².